The quantitative estimate of drug-likeness (QED) is 0.300. The fraction of sp³-hybridized carbons (Fsp3) is 0.438. The van der Waals surface area contributed by atoms with E-state index < -0.39 is 0 Å². The molecule has 1 nitrogen and oxygen atoms in total. The van der Waals surface area contributed by atoms with Crippen LogP contribution in [0.3, 0.4) is 0 Å². The number of halogens is 1. The second kappa shape index (κ2) is 12.3. The third kappa shape index (κ3) is 6.36. The summed E-state index contributed by atoms with van der Waals surface area (Å²) < 4.78 is 15.0. The number of hydrogen-bond donors (Lipinski definition) is 1. The Kier molecular flexibility index (Phi) is 8.93. The Morgan fingerprint density at radius 2 is 1.47 bits per heavy atom. The zero-order valence-electron chi connectivity index (χ0n) is 21.0. The average Bonchev–Trinajstić information content (AvgIpc) is 2.88. The first kappa shape index (κ1) is 24.7. The van der Waals surface area contributed by atoms with Crippen LogP contribution in [0.25, 0.3) is 22.3 Å². The summed E-state index contributed by atoms with van der Waals surface area (Å²) in [6.45, 7) is 3.23. The van der Waals surface area contributed by atoms with Crippen molar-refractivity contribution in [3.05, 3.63) is 83.7 Å². The van der Waals surface area contributed by atoms with Gasteiger partial charge < -0.3 is 5.32 Å². The van der Waals surface area contributed by atoms with E-state index in [0.29, 0.717) is 11.5 Å². The Labute approximate surface area is 205 Å². The van der Waals surface area contributed by atoms with E-state index in [0.717, 1.165) is 35.6 Å². The first-order valence-electron chi connectivity index (χ1n) is 13.3. The first-order chi connectivity index (χ1) is 16.7. The molecular formula is C32H40FN. The van der Waals surface area contributed by atoms with Crippen molar-refractivity contribution in [2.45, 2.75) is 70.6 Å². The topological polar surface area (TPSA) is 12.0 Å². The maximum atomic E-state index is 15.0. The summed E-state index contributed by atoms with van der Waals surface area (Å²) >= 11 is 0. The van der Waals surface area contributed by atoms with Crippen molar-refractivity contribution < 1.29 is 4.39 Å². The number of nitrogens with one attached hydrogen (secondary N) is 1. The second-order valence-corrected chi connectivity index (χ2v) is 10.1. The molecule has 0 saturated heterocycles. The molecule has 1 aliphatic carbocycles. The third-order valence-corrected chi connectivity index (χ3v) is 7.68. The largest absolute Gasteiger partial charge is 0.319 e. The molecule has 0 amide bonds. The van der Waals surface area contributed by atoms with Crippen molar-refractivity contribution in [3.8, 4) is 22.3 Å². The van der Waals surface area contributed by atoms with E-state index in [4.69, 9.17) is 0 Å². The Hall–Kier alpha value is -2.45. The van der Waals surface area contributed by atoms with Crippen LogP contribution in [0.5, 0.6) is 0 Å². The summed E-state index contributed by atoms with van der Waals surface area (Å²) in [5.74, 6) is 1.46. The minimum absolute atomic E-state index is 0.161. The molecule has 0 radical (unpaired) electrons. The summed E-state index contributed by atoms with van der Waals surface area (Å²) in [4.78, 5) is 0. The van der Waals surface area contributed by atoms with Crippen molar-refractivity contribution in [1.82, 2.24) is 5.32 Å². The van der Waals surface area contributed by atoms with Gasteiger partial charge in [-0.3, -0.25) is 0 Å². The van der Waals surface area contributed by atoms with Crippen LogP contribution in [0.1, 0.15) is 75.3 Å². The Bertz CT molecular complexity index is 1010. The minimum atomic E-state index is -0.161. The minimum Gasteiger partial charge on any atom is -0.319 e. The lowest BCUT2D eigenvalue weighted by atomic mass is 9.77. The van der Waals surface area contributed by atoms with Gasteiger partial charge in [0.25, 0.3) is 0 Å². The molecule has 0 bridgehead atoms. The molecule has 180 valence electrons. The van der Waals surface area contributed by atoms with Crippen LogP contribution in [0.2, 0.25) is 0 Å². The van der Waals surface area contributed by atoms with Crippen LogP contribution in [0, 0.1) is 11.7 Å². The van der Waals surface area contributed by atoms with E-state index in [1.54, 1.807) is 6.07 Å². The molecule has 0 aromatic heterocycles. The zero-order chi connectivity index (χ0) is 23.8. The van der Waals surface area contributed by atoms with Gasteiger partial charge in [0.05, 0.1) is 0 Å². The average molecular weight is 458 g/mol. The van der Waals surface area contributed by atoms with Gasteiger partial charge in [-0.25, -0.2) is 4.39 Å². The molecule has 1 N–H and O–H groups in total. The van der Waals surface area contributed by atoms with E-state index in [2.05, 4.69) is 48.6 Å². The summed E-state index contributed by atoms with van der Waals surface area (Å²) in [6, 6.07) is 22.8. The van der Waals surface area contributed by atoms with Crippen molar-refractivity contribution in [3.63, 3.8) is 0 Å². The number of benzene rings is 3. The number of hydrogen-bond acceptors (Lipinski definition) is 1. The molecule has 0 heterocycles. The molecule has 4 rings (SSSR count). The Morgan fingerprint density at radius 3 is 2.12 bits per heavy atom. The Morgan fingerprint density at radius 1 is 0.794 bits per heavy atom. The van der Waals surface area contributed by atoms with Crippen LogP contribution in [-0.2, 0) is 6.42 Å². The summed E-state index contributed by atoms with van der Waals surface area (Å²) in [5, 5.41) is 3.17. The van der Waals surface area contributed by atoms with E-state index in [-0.39, 0.29) is 5.82 Å². The van der Waals surface area contributed by atoms with Crippen molar-refractivity contribution >= 4 is 0 Å². The predicted molar refractivity (Wildman–Crippen MR) is 144 cm³/mol. The van der Waals surface area contributed by atoms with Crippen LogP contribution < -0.4 is 5.32 Å². The lowest BCUT2D eigenvalue weighted by Crippen LogP contribution is -2.13. The standard InChI is InChI=1S/C32H40FN/c1-3-4-5-6-24-7-11-26(12-8-24)27-15-17-28(18-16-27)30-19-20-31(32(33)23-30)29-13-9-25(10-14-29)21-22-34-2/h9-10,13-20,23-24,26,34H,3-8,11-12,21-22H2,1-2H3. The highest BCUT2D eigenvalue weighted by Gasteiger charge is 2.22. The molecule has 0 spiro atoms. The van der Waals surface area contributed by atoms with Gasteiger partial charge in [0.1, 0.15) is 5.82 Å². The van der Waals surface area contributed by atoms with Gasteiger partial charge in [-0.1, -0.05) is 93.3 Å². The highest BCUT2D eigenvalue weighted by Crippen LogP contribution is 2.38. The van der Waals surface area contributed by atoms with E-state index in [1.165, 1.54) is 62.5 Å². The highest BCUT2D eigenvalue weighted by molar-refractivity contribution is 5.71. The Balaban J connectivity index is 1.38. The molecule has 34 heavy (non-hydrogen) atoms. The van der Waals surface area contributed by atoms with Gasteiger partial charge in [0, 0.05) is 5.56 Å². The first-order valence-corrected chi connectivity index (χ1v) is 13.3. The van der Waals surface area contributed by atoms with Gasteiger partial charge in [0.2, 0.25) is 0 Å². The van der Waals surface area contributed by atoms with Gasteiger partial charge in [-0.2, -0.15) is 0 Å². The molecule has 0 unspecified atom stereocenters. The molecule has 0 aliphatic heterocycles. The van der Waals surface area contributed by atoms with Gasteiger partial charge in [0.15, 0.2) is 0 Å². The lowest BCUT2D eigenvalue weighted by Gasteiger charge is -2.29. The fourth-order valence-electron chi connectivity index (χ4n) is 5.46. The van der Waals surface area contributed by atoms with Crippen molar-refractivity contribution in [2.24, 2.45) is 5.92 Å². The van der Waals surface area contributed by atoms with Crippen LogP contribution >= 0.6 is 0 Å². The SMILES string of the molecule is CCCCCC1CCC(c2ccc(-c3ccc(-c4ccc(CCNC)cc4)c(F)c3)cc2)CC1. The molecule has 1 aliphatic rings. The predicted octanol–water partition coefficient (Wildman–Crippen LogP) is 8.78. The third-order valence-electron chi connectivity index (χ3n) is 7.68. The fourth-order valence-corrected chi connectivity index (χ4v) is 5.46. The number of rotatable bonds is 10. The molecule has 3 aromatic rings. The maximum Gasteiger partial charge on any atom is 0.131 e. The number of likely N-dealkylation sites (N-methyl/N-ethyl adjacent to an activating group) is 1. The van der Waals surface area contributed by atoms with Crippen LogP contribution in [0.15, 0.2) is 66.7 Å². The van der Waals surface area contributed by atoms with Gasteiger partial charge in [-0.15, -0.1) is 0 Å². The molecule has 0 atom stereocenters. The van der Waals surface area contributed by atoms with Crippen molar-refractivity contribution in [1.29, 1.82) is 0 Å². The van der Waals surface area contributed by atoms with E-state index in [9.17, 15) is 0 Å². The molecule has 3 aromatic carbocycles. The summed E-state index contributed by atoms with van der Waals surface area (Å²) in [6.07, 6.45) is 11.9. The molecule has 1 fully saturated rings. The second-order valence-electron chi connectivity index (χ2n) is 10.1. The van der Waals surface area contributed by atoms with Gasteiger partial charge >= 0.3 is 0 Å². The maximum absolute atomic E-state index is 15.0. The lowest BCUT2D eigenvalue weighted by molar-refractivity contribution is 0.303. The summed E-state index contributed by atoms with van der Waals surface area (Å²) in [7, 11) is 1.96. The zero-order valence-corrected chi connectivity index (χ0v) is 21.0. The monoisotopic (exact) mass is 457 g/mol. The number of unbranched alkanes of at least 4 members (excludes halogenated alkanes) is 2. The normalized spacial score (nSPS) is 18.2. The van der Waals surface area contributed by atoms with Crippen LogP contribution in [0.4, 0.5) is 4.39 Å². The van der Waals surface area contributed by atoms with Crippen molar-refractivity contribution in [2.75, 3.05) is 13.6 Å². The highest BCUT2D eigenvalue weighted by atomic mass is 19.1. The summed E-state index contributed by atoms with van der Waals surface area (Å²) in [5.41, 5.74) is 6.34. The van der Waals surface area contributed by atoms with E-state index >= 15 is 4.39 Å². The molecular weight excluding hydrogens is 417 g/mol. The molecule has 1 saturated carbocycles. The van der Waals surface area contributed by atoms with Gasteiger partial charge in [-0.05, 0) is 91.4 Å². The smallest absolute Gasteiger partial charge is 0.131 e. The molecule has 2 heteroatoms. The van der Waals surface area contributed by atoms with Crippen LogP contribution in [-0.4, -0.2) is 13.6 Å². The van der Waals surface area contributed by atoms with E-state index in [1.807, 2.05) is 31.3 Å².